The zero-order chi connectivity index (χ0) is 9.56. The smallest absolute Gasteiger partial charge is 0.304 e. The number of rotatable bonds is 4. The molecule has 12 heavy (non-hydrogen) atoms. The summed E-state index contributed by atoms with van der Waals surface area (Å²) in [5.74, 6) is -0.990. The molecule has 0 aromatic heterocycles. The maximum Gasteiger partial charge on any atom is 0.304 e. The fourth-order valence-electron chi connectivity index (χ4n) is 0.554. The second kappa shape index (κ2) is 5.54. The Hall–Kier alpha value is -1.10. The molecule has 0 aliphatic heterocycles. The molecule has 0 saturated carbocycles. The summed E-state index contributed by atoms with van der Waals surface area (Å²) in [5, 5.41) is 8.90. The van der Waals surface area contributed by atoms with Gasteiger partial charge in [-0.25, -0.2) is 0 Å². The highest BCUT2D eigenvalue weighted by Gasteiger charge is 2.07. The van der Waals surface area contributed by atoms with Crippen LogP contribution >= 0.6 is 0 Å². The van der Waals surface area contributed by atoms with Crippen LogP contribution in [0.3, 0.4) is 0 Å². The average molecular weight is 176 g/mol. The monoisotopic (exact) mass is 176 g/mol. The molecule has 1 N–H and O–H groups in total. The Balaban J connectivity index is 3.37. The van der Waals surface area contributed by atoms with E-state index in [-0.39, 0.29) is 13.0 Å². The topological polar surface area (TPSA) is 72.8 Å². The number of ether oxygens (including phenoxy) is 2. The van der Waals surface area contributed by atoms with Crippen LogP contribution in [0.4, 0.5) is 0 Å². The molecule has 0 fully saturated rings. The van der Waals surface area contributed by atoms with Crippen molar-refractivity contribution in [2.24, 2.45) is 0 Å². The van der Waals surface area contributed by atoms with E-state index in [4.69, 9.17) is 5.11 Å². The summed E-state index contributed by atoms with van der Waals surface area (Å²) in [4.78, 5) is 20.5. The molecule has 5 nitrogen and oxygen atoms in total. The molecule has 0 bridgehead atoms. The lowest BCUT2D eigenvalue weighted by Crippen LogP contribution is -2.18. The molecule has 70 valence electrons. The van der Waals surface area contributed by atoms with E-state index in [1.54, 1.807) is 0 Å². The van der Waals surface area contributed by atoms with E-state index in [0.717, 1.165) is 0 Å². The molecule has 0 amide bonds. The second-order valence-corrected chi connectivity index (χ2v) is 2.19. The standard InChI is InChI=1S/C7H12O5/c1-5(8)11-4-3-7(10)12-6(2)9/h7,10H,3-4H2,1-2H3/t7-/m1/s1. The molecule has 1 atom stereocenters. The number of hydrogen-bond donors (Lipinski definition) is 1. The lowest BCUT2D eigenvalue weighted by Gasteiger charge is -2.09. The Morgan fingerprint density at radius 3 is 2.33 bits per heavy atom. The molecule has 0 spiro atoms. The van der Waals surface area contributed by atoms with Crippen molar-refractivity contribution in [1.29, 1.82) is 0 Å². The normalized spacial score (nSPS) is 11.9. The van der Waals surface area contributed by atoms with Crippen LogP contribution in [0.5, 0.6) is 0 Å². The maximum atomic E-state index is 10.3. The van der Waals surface area contributed by atoms with Crippen molar-refractivity contribution < 1.29 is 24.2 Å². The first-order valence-electron chi connectivity index (χ1n) is 3.51. The van der Waals surface area contributed by atoms with Crippen LogP contribution in [-0.2, 0) is 19.1 Å². The molecule has 0 aromatic carbocycles. The van der Waals surface area contributed by atoms with Gasteiger partial charge in [0.1, 0.15) is 0 Å². The quantitative estimate of drug-likeness (QED) is 0.475. The van der Waals surface area contributed by atoms with Crippen LogP contribution in [0.15, 0.2) is 0 Å². The SMILES string of the molecule is CC(=O)OCC[C@H](O)OC(C)=O. The Morgan fingerprint density at radius 2 is 1.92 bits per heavy atom. The predicted octanol–water partition coefficient (Wildman–Crippen LogP) is -0.179. The van der Waals surface area contributed by atoms with Gasteiger partial charge in [-0.15, -0.1) is 0 Å². The van der Waals surface area contributed by atoms with Gasteiger partial charge in [0.2, 0.25) is 6.29 Å². The lowest BCUT2D eigenvalue weighted by atomic mass is 10.4. The van der Waals surface area contributed by atoms with Crippen LogP contribution in [0, 0.1) is 0 Å². The maximum absolute atomic E-state index is 10.3. The predicted molar refractivity (Wildman–Crippen MR) is 39.0 cm³/mol. The number of esters is 2. The van der Waals surface area contributed by atoms with E-state index in [9.17, 15) is 9.59 Å². The van der Waals surface area contributed by atoms with E-state index < -0.39 is 18.2 Å². The van der Waals surface area contributed by atoms with E-state index >= 15 is 0 Å². The summed E-state index contributed by atoms with van der Waals surface area (Å²) >= 11 is 0. The molecule has 0 aromatic rings. The van der Waals surface area contributed by atoms with Gasteiger partial charge in [0, 0.05) is 20.3 Å². The number of hydrogen-bond acceptors (Lipinski definition) is 5. The van der Waals surface area contributed by atoms with Gasteiger partial charge in [0.25, 0.3) is 0 Å². The molecular formula is C7H12O5. The summed E-state index contributed by atoms with van der Waals surface area (Å²) in [6, 6.07) is 0. The number of aliphatic hydroxyl groups excluding tert-OH is 1. The molecule has 0 aliphatic rings. The van der Waals surface area contributed by atoms with Gasteiger partial charge in [-0.3, -0.25) is 9.59 Å². The van der Waals surface area contributed by atoms with Gasteiger partial charge >= 0.3 is 11.9 Å². The largest absolute Gasteiger partial charge is 0.466 e. The first-order valence-corrected chi connectivity index (χ1v) is 3.51. The minimum atomic E-state index is -1.19. The molecule has 0 unspecified atom stereocenters. The lowest BCUT2D eigenvalue weighted by molar-refractivity contribution is -0.168. The molecule has 0 saturated heterocycles. The van der Waals surface area contributed by atoms with Crippen molar-refractivity contribution in [1.82, 2.24) is 0 Å². The van der Waals surface area contributed by atoms with Crippen LogP contribution in [-0.4, -0.2) is 29.9 Å². The van der Waals surface area contributed by atoms with Crippen molar-refractivity contribution in [3.8, 4) is 0 Å². The summed E-state index contributed by atoms with van der Waals surface area (Å²) < 4.78 is 8.86. The summed E-state index contributed by atoms with van der Waals surface area (Å²) in [6.07, 6.45) is -1.10. The minimum Gasteiger partial charge on any atom is -0.466 e. The third-order valence-corrected chi connectivity index (χ3v) is 0.972. The fraction of sp³-hybridized carbons (Fsp3) is 0.714. The highest BCUT2D eigenvalue weighted by molar-refractivity contribution is 5.66. The second-order valence-electron chi connectivity index (χ2n) is 2.19. The van der Waals surface area contributed by atoms with Crippen molar-refractivity contribution >= 4 is 11.9 Å². The summed E-state index contributed by atoms with van der Waals surface area (Å²) in [6.45, 7) is 2.50. The third-order valence-electron chi connectivity index (χ3n) is 0.972. The zero-order valence-electron chi connectivity index (χ0n) is 7.07. The van der Waals surface area contributed by atoms with Crippen LogP contribution in [0.1, 0.15) is 20.3 Å². The van der Waals surface area contributed by atoms with E-state index in [1.807, 2.05) is 0 Å². The van der Waals surface area contributed by atoms with E-state index in [2.05, 4.69) is 9.47 Å². The first-order chi connectivity index (χ1) is 5.52. The molecule has 5 heteroatoms. The van der Waals surface area contributed by atoms with Crippen molar-refractivity contribution in [2.75, 3.05) is 6.61 Å². The van der Waals surface area contributed by atoms with Crippen molar-refractivity contribution in [3.05, 3.63) is 0 Å². The van der Waals surface area contributed by atoms with Gasteiger partial charge in [0.05, 0.1) is 6.61 Å². The zero-order valence-corrected chi connectivity index (χ0v) is 7.07. The highest BCUT2D eigenvalue weighted by Crippen LogP contribution is 1.95. The molecular weight excluding hydrogens is 164 g/mol. The van der Waals surface area contributed by atoms with E-state index in [1.165, 1.54) is 13.8 Å². The molecule has 0 heterocycles. The number of aliphatic hydroxyl groups is 1. The highest BCUT2D eigenvalue weighted by atomic mass is 16.6. The third kappa shape index (κ3) is 7.01. The Bertz CT molecular complexity index is 165. The van der Waals surface area contributed by atoms with Crippen LogP contribution < -0.4 is 0 Å². The summed E-state index contributed by atoms with van der Waals surface area (Å²) in [7, 11) is 0. The minimum absolute atomic E-state index is 0.0454. The number of carbonyl (C=O) groups is 2. The van der Waals surface area contributed by atoms with Gasteiger partial charge in [-0.2, -0.15) is 0 Å². The molecule has 0 aliphatic carbocycles. The van der Waals surface area contributed by atoms with Crippen molar-refractivity contribution in [3.63, 3.8) is 0 Å². The number of carbonyl (C=O) groups excluding carboxylic acids is 2. The Morgan fingerprint density at radius 1 is 1.33 bits per heavy atom. The first kappa shape index (κ1) is 10.9. The Kier molecular flexibility index (Phi) is 5.03. The van der Waals surface area contributed by atoms with Crippen LogP contribution in [0.25, 0.3) is 0 Å². The van der Waals surface area contributed by atoms with Gasteiger partial charge in [-0.05, 0) is 0 Å². The van der Waals surface area contributed by atoms with Gasteiger partial charge in [-0.1, -0.05) is 0 Å². The van der Waals surface area contributed by atoms with Crippen molar-refractivity contribution in [2.45, 2.75) is 26.6 Å². The van der Waals surface area contributed by atoms with Crippen LogP contribution in [0.2, 0.25) is 0 Å². The van der Waals surface area contributed by atoms with E-state index in [0.29, 0.717) is 0 Å². The summed E-state index contributed by atoms with van der Waals surface area (Å²) in [5.41, 5.74) is 0. The molecule has 0 rings (SSSR count). The fourth-order valence-corrected chi connectivity index (χ4v) is 0.554. The van der Waals surface area contributed by atoms with Gasteiger partial charge in [0.15, 0.2) is 0 Å². The average Bonchev–Trinajstić information content (AvgIpc) is 1.84. The van der Waals surface area contributed by atoms with Gasteiger partial charge < -0.3 is 14.6 Å². The Labute approximate surface area is 70.3 Å². The molecule has 0 radical (unpaired) electrons.